The van der Waals surface area contributed by atoms with Gasteiger partial charge in [-0.15, -0.1) is 5.10 Å². The van der Waals surface area contributed by atoms with Crippen molar-refractivity contribution in [3.63, 3.8) is 0 Å². The lowest BCUT2D eigenvalue weighted by molar-refractivity contribution is -0.138. The van der Waals surface area contributed by atoms with E-state index in [4.69, 9.17) is 4.74 Å². The Hall–Kier alpha value is -1.69. The van der Waals surface area contributed by atoms with Crippen molar-refractivity contribution in [1.82, 2.24) is 15.1 Å². The quantitative estimate of drug-likeness (QED) is 0.846. The fourth-order valence-corrected chi connectivity index (χ4v) is 3.47. The van der Waals surface area contributed by atoms with Crippen LogP contribution in [-0.4, -0.2) is 59.9 Å². The third kappa shape index (κ3) is 4.66. The summed E-state index contributed by atoms with van der Waals surface area (Å²) in [6.07, 6.45) is 7.21. The van der Waals surface area contributed by atoms with E-state index in [-0.39, 0.29) is 18.6 Å². The number of carbonyl (C=O) groups excluding carboxylic acids is 1. The summed E-state index contributed by atoms with van der Waals surface area (Å²) in [6.45, 7) is 5.39. The Kier molecular flexibility index (Phi) is 6.01. The van der Waals surface area contributed by atoms with Gasteiger partial charge in [0.25, 0.3) is 0 Å². The van der Waals surface area contributed by atoms with Crippen molar-refractivity contribution in [2.45, 2.75) is 51.6 Å². The van der Waals surface area contributed by atoms with Gasteiger partial charge in [-0.25, -0.2) is 0 Å². The lowest BCUT2D eigenvalue weighted by atomic mass is 9.98. The molecule has 0 bridgehead atoms. The Balaban J connectivity index is 1.47. The Labute approximate surface area is 144 Å². The van der Waals surface area contributed by atoms with Crippen LogP contribution < -0.4 is 4.90 Å². The lowest BCUT2D eigenvalue weighted by Crippen LogP contribution is -2.38. The molecule has 132 valence electrons. The fourth-order valence-electron chi connectivity index (χ4n) is 3.47. The average molecular weight is 332 g/mol. The van der Waals surface area contributed by atoms with Gasteiger partial charge < -0.3 is 14.5 Å². The second-order valence-electron chi connectivity index (χ2n) is 6.83. The maximum atomic E-state index is 12.4. The van der Waals surface area contributed by atoms with E-state index in [0.29, 0.717) is 0 Å². The van der Waals surface area contributed by atoms with Gasteiger partial charge in [-0.2, -0.15) is 5.10 Å². The molecule has 0 atom stereocenters. The summed E-state index contributed by atoms with van der Waals surface area (Å²) in [5.74, 6) is 1.02. The van der Waals surface area contributed by atoms with Crippen molar-refractivity contribution in [3.8, 4) is 0 Å². The Morgan fingerprint density at radius 2 is 1.92 bits per heavy atom. The van der Waals surface area contributed by atoms with Gasteiger partial charge in [-0.1, -0.05) is 19.3 Å². The standard InChI is InChI=1S/C18H28N4O2/c1-15-8-9-17(20-19-15)21-10-5-11-22(13-12-21)18(23)14-24-16-6-3-2-4-7-16/h8-9,16H,2-7,10-14H2,1H3. The molecule has 1 aliphatic carbocycles. The van der Waals surface area contributed by atoms with Gasteiger partial charge in [0.1, 0.15) is 6.61 Å². The van der Waals surface area contributed by atoms with E-state index < -0.39 is 0 Å². The largest absolute Gasteiger partial charge is 0.368 e. The van der Waals surface area contributed by atoms with Crippen molar-refractivity contribution in [3.05, 3.63) is 17.8 Å². The number of hydrogen-bond acceptors (Lipinski definition) is 5. The van der Waals surface area contributed by atoms with E-state index in [0.717, 1.165) is 57.0 Å². The van der Waals surface area contributed by atoms with Crippen LogP contribution in [0.1, 0.15) is 44.2 Å². The summed E-state index contributed by atoms with van der Waals surface area (Å²) >= 11 is 0. The smallest absolute Gasteiger partial charge is 0.248 e. The van der Waals surface area contributed by atoms with Gasteiger partial charge in [-0.3, -0.25) is 4.79 Å². The lowest BCUT2D eigenvalue weighted by Gasteiger charge is -2.25. The molecule has 3 rings (SSSR count). The van der Waals surface area contributed by atoms with Gasteiger partial charge in [0, 0.05) is 26.2 Å². The molecule has 1 saturated carbocycles. The third-order valence-corrected chi connectivity index (χ3v) is 4.95. The predicted molar refractivity (Wildman–Crippen MR) is 93.0 cm³/mol. The van der Waals surface area contributed by atoms with Gasteiger partial charge in [0.2, 0.25) is 5.91 Å². The SMILES string of the molecule is Cc1ccc(N2CCCN(C(=O)COC3CCCCC3)CC2)nn1. The maximum absolute atomic E-state index is 12.4. The van der Waals surface area contributed by atoms with Crippen LogP contribution in [0, 0.1) is 6.92 Å². The second-order valence-corrected chi connectivity index (χ2v) is 6.83. The first-order chi connectivity index (χ1) is 11.7. The minimum absolute atomic E-state index is 0.123. The molecule has 1 saturated heterocycles. The highest BCUT2D eigenvalue weighted by atomic mass is 16.5. The van der Waals surface area contributed by atoms with Crippen LogP contribution in [0.5, 0.6) is 0 Å². The molecule has 6 heteroatoms. The fraction of sp³-hybridized carbons (Fsp3) is 0.722. The van der Waals surface area contributed by atoms with Crippen LogP contribution in [0.25, 0.3) is 0 Å². The van der Waals surface area contributed by atoms with Crippen molar-refractivity contribution < 1.29 is 9.53 Å². The third-order valence-electron chi connectivity index (χ3n) is 4.95. The first kappa shape index (κ1) is 17.1. The zero-order valence-electron chi connectivity index (χ0n) is 14.6. The summed E-state index contributed by atoms with van der Waals surface area (Å²) in [4.78, 5) is 16.6. The molecule has 1 aliphatic heterocycles. The number of aryl methyl sites for hydroxylation is 1. The van der Waals surface area contributed by atoms with E-state index >= 15 is 0 Å². The maximum Gasteiger partial charge on any atom is 0.248 e. The average Bonchev–Trinajstić information content (AvgIpc) is 2.87. The molecule has 0 aromatic carbocycles. The number of rotatable bonds is 4. The second kappa shape index (κ2) is 8.42. The minimum atomic E-state index is 0.123. The summed E-state index contributed by atoms with van der Waals surface area (Å²) in [5, 5.41) is 8.39. The first-order valence-electron chi connectivity index (χ1n) is 9.17. The van der Waals surface area contributed by atoms with Crippen LogP contribution in [0.15, 0.2) is 12.1 Å². The van der Waals surface area contributed by atoms with E-state index in [1.807, 2.05) is 24.0 Å². The summed E-state index contributed by atoms with van der Waals surface area (Å²) in [6, 6.07) is 3.99. The zero-order chi connectivity index (χ0) is 16.8. The number of ether oxygens (including phenoxy) is 1. The normalized spacial score (nSPS) is 20.0. The van der Waals surface area contributed by atoms with Gasteiger partial charge in [0.15, 0.2) is 5.82 Å². The van der Waals surface area contributed by atoms with Crippen molar-refractivity contribution >= 4 is 11.7 Å². The monoisotopic (exact) mass is 332 g/mol. The Bertz CT molecular complexity index is 528. The van der Waals surface area contributed by atoms with Crippen LogP contribution >= 0.6 is 0 Å². The summed E-state index contributed by atoms with van der Waals surface area (Å²) < 4.78 is 5.84. The Morgan fingerprint density at radius 3 is 2.67 bits per heavy atom. The molecular weight excluding hydrogens is 304 g/mol. The summed E-state index contributed by atoms with van der Waals surface area (Å²) in [7, 11) is 0. The number of aromatic nitrogens is 2. The molecule has 0 spiro atoms. The molecule has 1 aromatic rings. The van der Waals surface area contributed by atoms with Crippen molar-refractivity contribution in [1.29, 1.82) is 0 Å². The molecule has 0 radical (unpaired) electrons. The molecule has 6 nitrogen and oxygen atoms in total. The molecule has 1 aromatic heterocycles. The molecule has 0 unspecified atom stereocenters. The van der Waals surface area contributed by atoms with E-state index in [2.05, 4.69) is 15.1 Å². The van der Waals surface area contributed by atoms with Crippen molar-refractivity contribution in [2.75, 3.05) is 37.7 Å². The molecule has 24 heavy (non-hydrogen) atoms. The number of anilines is 1. The number of carbonyl (C=O) groups is 1. The highest BCUT2D eigenvalue weighted by Crippen LogP contribution is 2.20. The van der Waals surface area contributed by atoms with Crippen LogP contribution in [0.4, 0.5) is 5.82 Å². The topological polar surface area (TPSA) is 58.6 Å². The number of nitrogens with zero attached hydrogens (tertiary/aromatic N) is 4. The van der Waals surface area contributed by atoms with E-state index in [1.54, 1.807) is 0 Å². The van der Waals surface area contributed by atoms with Crippen molar-refractivity contribution in [2.24, 2.45) is 0 Å². The van der Waals surface area contributed by atoms with Gasteiger partial charge >= 0.3 is 0 Å². The predicted octanol–water partition coefficient (Wildman–Crippen LogP) is 2.17. The minimum Gasteiger partial charge on any atom is -0.368 e. The highest BCUT2D eigenvalue weighted by Gasteiger charge is 2.22. The van der Waals surface area contributed by atoms with E-state index in [1.165, 1.54) is 19.3 Å². The summed E-state index contributed by atoms with van der Waals surface area (Å²) in [5.41, 5.74) is 0.922. The molecular formula is C18H28N4O2. The zero-order valence-corrected chi connectivity index (χ0v) is 14.6. The number of amides is 1. The van der Waals surface area contributed by atoms with E-state index in [9.17, 15) is 4.79 Å². The van der Waals surface area contributed by atoms with Gasteiger partial charge in [0.05, 0.1) is 11.8 Å². The molecule has 1 amide bonds. The van der Waals surface area contributed by atoms with Crippen LogP contribution in [0.2, 0.25) is 0 Å². The molecule has 2 aliphatic rings. The number of hydrogen-bond donors (Lipinski definition) is 0. The first-order valence-corrected chi connectivity index (χ1v) is 9.17. The van der Waals surface area contributed by atoms with Gasteiger partial charge in [-0.05, 0) is 38.3 Å². The highest BCUT2D eigenvalue weighted by molar-refractivity contribution is 5.77. The molecule has 2 heterocycles. The van der Waals surface area contributed by atoms with Crippen LogP contribution in [-0.2, 0) is 9.53 Å². The molecule has 2 fully saturated rings. The Morgan fingerprint density at radius 1 is 1.08 bits per heavy atom. The van der Waals surface area contributed by atoms with Crippen LogP contribution in [0.3, 0.4) is 0 Å². The molecule has 0 N–H and O–H groups in total.